The van der Waals surface area contributed by atoms with Gasteiger partial charge in [0, 0.05) is 0 Å². The average Bonchev–Trinajstić information content (AvgIpc) is 3.04. The van der Waals surface area contributed by atoms with Crippen LogP contribution in [0.25, 0.3) is 18.2 Å². The van der Waals surface area contributed by atoms with E-state index in [1.54, 1.807) is 5.56 Å². The lowest BCUT2D eigenvalue weighted by molar-refractivity contribution is 0.974. The number of rotatable bonds is 0. The number of allylic oxidation sites excluding steroid dienone is 1. The minimum absolute atomic E-state index is 0.860. The van der Waals surface area contributed by atoms with Gasteiger partial charge in [-0.25, -0.2) is 0 Å². The second-order valence-corrected chi connectivity index (χ2v) is 4.98. The van der Waals surface area contributed by atoms with E-state index in [2.05, 4.69) is 36.4 Å². The topological polar surface area (TPSA) is 0 Å². The Morgan fingerprint density at radius 3 is 3.00 bits per heavy atom. The fourth-order valence-corrected chi connectivity index (χ4v) is 2.95. The monoisotopic (exact) mass is 194 g/mol. The minimum atomic E-state index is 0.860. The van der Waals surface area contributed by atoms with Crippen LogP contribution in [0.3, 0.4) is 0 Å². The molecule has 3 aliphatic carbocycles. The maximum Gasteiger partial charge on any atom is -0.0149 e. The van der Waals surface area contributed by atoms with Gasteiger partial charge in [-0.15, -0.1) is 0 Å². The Bertz CT molecular complexity index is 575. The Kier molecular flexibility index (Phi) is 1.39. The van der Waals surface area contributed by atoms with Crippen LogP contribution < -0.4 is 10.4 Å². The molecule has 4 rings (SSSR count). The third-order valence-electron chi connectivity index (χ3n) is 3.94. The number of benzene rings is 1. The van der Waals surface area contributed by atoms with Gasteiger partial charge in [0.15, 0.2) is 0 Å². The van der Waals surface area contributed by atoms with Gasteiger partial charge in [-0.2, -0.15) is 0 Å². The molecule has 0 spiro atoms. The molecular weight excluding hydrogens is 180 g/mol. The van der Waals surface area contributed by atoms with Crippen molar-refractivity contribution >= 4 is 18.2 Å². The van der Waals surface area contributed by atoms with Gasteiger partial charge >= 0.3 is 0 Å². The van der Waals surface area contributed by atoms with Gasteiger partial charge in [0.25, 0.3) is 0 Å². The number of hydrogen-bond acceptors (Lipinski definition) is 0. The summed E-state index contributed by atoms with van der Waals surface area (Å²) in [6.07, 6.45) is 13.4. The van der Waals surface area contributed by atoms with Gasteiger partial charge in [0.2, 0.25) is 0 Å². The van der Waals surface area contributed by atoms with Gasteiger partial charge in [0.05, 0.1) is 0 Å². The zero-order chi connectivity index (χ0) is 9.83. The van der Waals surface area contributed by atoms with E-state index in [0.29, 0.717) is 0 Å². The molecule has 0 nitrogen and oxygen atoms in total. The fraction of sp³-hybridized carbons (Fsp3) is 0.333. The molecular formula is C15H14. The molecule has 2 atom stereocenters. The maximum absolute atomic E-state index is 2.51. The summed E-state index contributed by atoms with van der Waals surface area (Å²) in [7, 11) is 0. The van der Waals surface area contributed by atoms with Crippen LogP contribution in [-0.4, -0.2) is 0 Å². The molecule has 1 saturated carbocycles. The Morgan fingerprint density at radius 1 is 1.07 bits per heavy atom. The van der Waals surface area contributed by atoms with E-state index >= 15 is 0 Å². The van der Waals surface area contributed by atoms with Crippen LogP contribution >= 0.6 is 0 Å². The largest absolute Gasteiger partial charge is 0.0836 e. The lowest BCUT2D eigenvalue weighted by Gasteiger charge is -2.12. The second kappa shape index (κ2) is 2.63. The minimum Gasteiger partial charge on any atom is -0.0836 e. The van der Waals surface area contributed by atoms with Gasteiger partial charge in [-0.3, -0.25) is 0 Å². The molecule has 74 valence electrons. The summed E-state index contributed by atoms with van der Waals surface area (Å²) in [6, 6.07) is 4.64. The van der Waals surface area contributed by atoms with Crippen molar-refractivity contribution in [3.8, 4) is 0 Å². The molecule has 1 fully saturated rings. The maximum atomic E-state index is 2.51. The molecule has 0 aromatic heterocycles. The number of hydrogen-bond donors (Lipinski definition) is 0. The number of fused-ring (bicyclic) bond motifs is 4. The molecule has 1 aromatic rings. The highest BCUT2D eigenvalue weighted by Gasteiger charge is 2.34. The van der Waals surface area contributed by atoms with Crippen LogP contribution in [-0.2, 0) is 6.42 Å². The summed E-state index contributed by atoms with van der Waals surface area (Å²) in [5.41, 5.74) is 3.04. The van der Waals surface area contributed by atoms with Gasteiger partial charge < -0.3 is 0 Å². The summed E-state index contributed by atoms with van der Waals surface area (Å²) in [5, 5.41) is 2.99. The van der Waals surface area contributed by atoms with Crippen LogP contribution in [0.15, 0.2) is 18.2 Å². The Balaban J connectivity index is 2.12. The fourth-order valence-electron chi connectivity index (χ4n) is 2.95. The molecule has 0 N–H and O–H groups in total. The quantitative estimate of drug-likeness (QED) is 0.591. The van der Waals surface area contributed by atoms with E-state index in [0.717, 1.165) is 11.8 Å². The van der Waals surface area contributed by atoms with E-state index in [-0.39, 0.29) is 0 Å². The van der Waals surface area contributed by atoms with Crippen LogP contribution in [0.4, 0.5) is 0 Å². The summed E-state index contributed by atoms with van der Waals surface area (Å²) in [5.74, 6) is 1.72. The first kappa shape index (κ1) is 7.92. The van der Waals surface area contributed by atoms with Crippen molar-refractivity contribution in [3.63, 3.8) is 0 Å². The summed E-state index contributed by atoms with van der Waals surface area (Å²) < 4.78 is 0. The van der Waals surface area contributed by atoms with Crippen molar-refractivity contribution < 1.29 is 0 Å². The molecule has 3 aliphatic rings. The molecule has 0 aliphatic heterocycles. The predicted octanol–water partition coefficient (Wildman–Crippen LogP) is 1.86. The van der Waals surface area contributed by atoms with E-state index in [1.807, 2.05) is 0 Å². The molecule has 0 saturated heterocycles. The average molecular weight is 194 g/mol. The highest BCUT2D eigenvalue weighted by Crippen LogP contribution is 2.42. The molecule has 2 unspecified atom stereocenters. The molecule has 0 bridgehead atoms. The van der Waals surface area contributed by atoms with Crippen molar-refractivity contribution in [1.29, 1.82) is 0 Å². The second-order valence-electron chi connectivity index (χ2n) is 4.98. The highest BCUT2D eigenvalue weighted by atomic mass is 14.4. The van der Waals surface area contributed by atoms with Crippen molar-refractivity contribution in [2.75, 3.05) is 0 Å². The first-order valence-corrected chi connectivity index (χ1v) is 5.94. The van der Waals surface area contributed by atoms with E-state index in [1.165, 1.54) is 35.3 Å². The standard InChI is InChI=1S/C15H14/c1-2-4-14-10(3-1)5-6-11-7-12-8-13(12)9-15(11)14/h2,4-7,9,12-13H,1,3,8H2. The lowest BCUT2D eigenvalue weighted by atomic mass is 9.92. The third-order valence-corrected chi connectivity index (χ3v) is 3.94. The first-order chi connectivity index (χ1) is 7.42. The first-order valence-electron chi connectivity index (χ1n) is 5.94. The molecule has 1 aromatic carbocycles. The molecule has 0 amide bonds. The Labute approximate surface area is 89.6 Å². The van der Waals surface area contributed by atoms with Crippen LogP contribution in [0.5, 0.6) is 0 Å². The van der Waals surface area contributed by atoms with E-state index < -0.39 is 0 Å². The summed E-state index contributed by atoms with van der Waals surface area (Å²) >= 11 is 0. The highest BCUT2D eigenvalue weighted by molar-refractivity contribution is 5.62. The number of aryl methyl sites for hydroxylation is 1. The van der Waals surface area contributed by atoms with Gasteiger partial charge in [-0.1, -0.05) is 36.4 Å². The van der Waals surface area contributed by atoms with Crippen molar-refractivity contribution in [2.45, 2.75) is 19.3 Å². The third kappa shape index (κ3) is 1.08. The SMILES string of the molecule is C1=Cc2c(ccc3c2=CC2CC2C=3)CC1. The van der Waals surface area contributed by atoms with Crippen LogP contribution in [0.1, 0.15) is 24.0 Å². The molecule has 15 heavy (non-hydrogen) atoms. The zero-order valence-corrected chi connectivity index (χ0v) is 8.74. The van der Waals surface area contributed by atoms with Crippen LogP contribution in [0, 0.1) is 11.8 Å². The molecule has 0 radical (unpaired) electrons. The van der Waals surface area contributed by atoms with Crippen molar-refractivity contribution in [2.24, 2.45) is 11.8 Å². The normalized spacial score (nSPS) is 29.3. The zero-order valence-electron chi connectivity index (χ0n) is 8.74. The molecule has 0 heterocycles. The summed E-state index contributed by atoms with van der Waals surface area (Å²) in [4.78, 5) is 0. The van der Waals surface area contributed by atoms with Gasteiger partial charge in [0.1, 0.15) is 0 Å². The van der Waals surface area contributed by atoms with E-state index in [9.17, 15) is 0 Å². The Hall–Kier alpha value is -1.30. The predicted molar refractivity (Wildman–Crippen MR) is 63.6 cm³/mol. The summed E-state index contributed by atoms with van der Waals surface area (Å²) in [6.45, 7) is 0. The van der Waals surface area contributed by atoms with Gasteiger partial charge in [-0.05, 0) is 52.7 Å². The van der Waals surface area contributed by atoms with Crippen molar-refractivity contribution in [1.82, 2.24) is 0 Å². The van der Waals surface area contributed by atoms with E-state index in [4.69, 9.17) is 0 Å². The van der Waals surface area contributed by atoms with Crippen LogP contribution in [0.2, 0.25) is 0 Å². The Morgan fingerprint density at radius 2 is 2.00 bits per heavy atom. The smallest absolute Gasteiger partial charge is 0.0149 e. The lowest BCUT2D eigenvalue weighted by Crippen LogP contribution is -2.31. The van der Waals surface area contributed by atoms with Crippen molar-refractivity contribution in [3.05, 3.63) is 39.8 Å². The molecule has 0 heteroatoms.